The van der Waals surface area contributed by atoms with Crippen LogP contribution in [0.5, 0.6) is 5.75 Å². The van der Waals surface area contributed by atoms with Gasteiger partial charge in [-0.15, -0.1) is 0 Å². The number of aryl methyl sites for hydroxylation is 3. The van der Waals surface area contributed by atoms with Crippen LogP contribution in [0.25, 0.3) is 33.6 Å². The van der Waals surface area contributed by atoms with Gasteiger partial charge in [0.05, 0.1) is 36.0 Å². The van der Waals surface area contributed by atoms with E-state index in [0.717, 1.165) is 63.3 Å². The summed E-state index contributed by atoms with van der Waals surface area (Å²) in [4.78, 5) is 21.1. The fourth-order valence-corrected chi connectivity index (χ4v) is 5.30. The second kappa shape index (κ2) is 10.1. The summed E-state index contributed by atoms with van der Waals surface area (Å²) in [6.45, 7) is 4.23. The molecule has 6 rings (SSSR count). The first-order valence-electron chi connectivity index (χ1n) is 13.3. The highest BCUT2D eigenvalue weighted by molar-refractivity contribution is 5.88. The molecule has 0 saturated carbocycles. The third-order valence-electron chi connectivity index (χ3n) is 7.41. The van der Waals surface area contributed by atoms with Crippen LogP contribution in [0.2, 0.25) is 0 Å². The second-order valence-corrected chi connectivity index (χ2v) is 10.3. The number of benzene rings is 2. The Morgan fingerprint density at radius 3 is 2.52 bits per heavy atom. The van der Waals surface area contributed by atoms with E-state index in [-0.39, 0.29) is 5.56 Å². The Balaban J connectivity index is 1.36. The summed E-state index contributed by atoms with van der Waals surface area (Å²) in [5.41, 5.74) is 9.35. The van der Waals surface area contributed by atoms with E-state index in [1.54, 1.807) is 12.1 Å². The molecule has 3 aromatic heterocycles. The number of nitrogens with zero attached hydrogens (tertiary/aromatic N) is 6. The molecule has 0 amide bonds. The van der Waals surface area contributed by atoms with Gasteiger partial charge in [-0.3, -0.25) is 9.36 Å². The van der Waals surface area contributed by atoms with Crippen molar-refractivity contribution in [3.63, 3.8) is 0 Å². The number of methoxy groups -OCH3 is 1. The van der Waals surface area contributed by atoms with Crippen molar-refractivity contribution in [3.8, 4) is 39.4 Å². The second-order valence-electron chi connectivity index (χ2n) is 10.3. The quantitative estimate of drug-likeness (QED) is 0.298. The van der Waals surface area contributed by atoms with Crippen molar-refractivity contribution in [2.45, 2.75) is 39.2 Å². The first kappa shape index (κ1) is 25.5. The molecule has 0 atom stereocenters. The monoisotopic (exact) mass is 534 g/mol. The molecule has 40 heavy (non-hydrogen) atoms. The van der Waals surface area contributed by atoms with Gasteiger partial charge in [-0.1, -0.05) is 30.3 Å². The summed E-state index contributed by atoms with van der Waals surface area (Å²) < 4.78 is 9.38. The van der Waals surface area contributed by atoms with Crippen LogP contribution in [-0.2, 0) is 26.3 Å². The normalized spacial score (nSPS) is 12.3. The molecule has 1 aliphatic rings. The summed E-state index contributed by atoms with van der Waals surface area (Å²) >= 11 is 0. The molecule has 0 unspecified atom stereocenters. The standard InChI is InChI=1S/C31H30N6O3/c1-18(2)37-17-24(16-33-37)19-5-7-20(8-6-19)30-28-25(35-36(30)3)12-11-23-15-32-27(34-29(23)28)14-21-9-10-22(31(38)39)13-26(21)40-4/h5-10,13,15-18H,11-12,14H2,1-4H3,(H,38,39). The molecule has 9 nitrogen and oxygen atoms in total. The van der Waals surface area contributed by atoms with Crippen LogP contribution in [-0.4, -0.2) is 47.7 Å². The molecule has 202 valence electrons. The Morgan fingerprint density at radius 1 is 1.05 bits per heavy atom. The van der Waals surface area contributed by atoms with Gasteiger partial charge in [-0.25, -0.2) is 14.8 Å². The van der Waals surface area contributed by atoms with E-state index < -0.39 is 5.97 Å². The van der Waals surface area contributed by atoms with Gasteiger partial charge in [0, 0.05) is 54.2 Å². The number of ether oxygens (including phenoxy) is 1. The van der Waals surface area contributed by atoms with Gasteiger partial charge < -0.3 is 9.84 Å². The maximum absolute atomic E-state index is 11.4. The van der Waals surface area contributed by atoms with E-state index >= 15 is 0 Å². The predicted octanol–water partition coefficient (Wildman–Crippen LogP) is 5.38. The molecule has 0 fully saturated rings. The largest absolute Gasteiger partial charge is 0.496 e. The molecular formula is C31H30N6O3. The van der Waals surface area contributed by atoms with Gasteiger partial charge in [0.1, 0.15) is 11.6 Å². The van der Waals surface area contributed by atoms with Crippen LogP contribution in [0.4, 0.5) is 0 Å². The van der Waals surface area contributed by atoms with Crippen LogP contribution < -0.4 is 4.74 Å². The maximum Gasteiger partial charge on any atom is 0.335 e. The third-order valence-corrected chi connectivity index (χ3v) is 7.41. The van der Waals surface area contributed by atoms with E-state index in [2.05, 4.69) is 54.4 Å². The molecule has 3 heterocycles. The van der Waals surface area contributed by atoms with Crippen LogP contribution in [0.3, 0.4) is 0 Å². The molecule has 0 aliphatic heterocycles. The van der Waals surface area contributed by atoms with Crippen molar-refractivity contribution >= 4 is 5.97 Å². The molecule has 0 saturated heterocycles. The topological polar surface area (TPSA) is 108 Å². The number of hydrogen-bond donors (Lipinski definition) is 1. The van der Waals surface area contributed by atoms with Crippen molar-refractivity contribution in [2.75, 3.05) is 7.11 Å². The van der Waals surface area contributed by atoms with Crippen molar-refractivity contribution in [3.05, 3.63) is 89.3 Å². The first-order chi connectivity index (χ1) is 19.3. The zero-order chi connectivity index (χ0) is 28.0. The molecular weight excluding hydrogens is 504 g/mol. The molecule has 1 N–H and O–H groups in total. The van der Waals surface area contributed by atoms with Gasteiger partial charge in [0.15, 0.2) is 0 Å². The fraction of sp³-hybridized carbons (Fsp3) is 0.258. The minimum absolute atomic E-state index is 0.177. The number of aromatic nitrogens is 6. The lowest BCUT2D eigenvalue weighted by atomic mass is 9.91. The maximum atomic E-state index is 11.4. The smallest absolute Gasteiger partial charge is 0.335 e. The highest BCUT2D eigenvalue weighted by atomic mass is 16.5. The van der Waals surface area contributed by atoms with Gasteiger partial charge in [-0.2, -0.15) is 10.2 Å². The average molecular weight is 535 g/mol. The molecule has 9 heteroatoms. The van der Waals surface area contributed by atoms with Crippen molar-refractivity contribution < 1.29 is 14.6 Å². The summed E-state index contributed by atoms with van der Waals surface area (Å²) in [7, 11) is 3.51. The highest BCUT2D eigenvalue weighted by Gasteiger charge is 2.27. The van der Waals surface area contributed by atoms with Gasteiger partial charge >= 0.3 is 5.97 Å². The summed E-state index contributed by atoms with van der Waals surface area (Å²) in [5, 5.41) is 18.7. The van der Waals surface area contributed by atoms with E-state index in [4.69, 9.17) is 14.8 Å². The minimum atomic E-state index is -0.995. The number of aromatic carboxylic acids is 1. The molecule has 0 bridgehead atoms. The van der Waals surface area contributed by atoms with Gasteiger partial charge in [0.2, 0.25) is 0 Å². The first-order valence-corrected chi connectivity index (χ1v) is 13.3. The number of carbonyl (C=O) groups is 1. The summed E-state index contributed by atoms with van der Waals surface area (Å²) in [6.07, 6.45) is 7.96. The fourth-order valence-electron chi connectivity index (χ4n) is 5.30. The predicted molar refractivity (Wildman–Crippen MR) is 151 cm³/mol. The third kappa shape index (κ3) is 4.53. The highest BCUT2D eigenvalue weighted by Crippen LogP contribution is 2.40. The van der Waals surface area contributed by atoms with Crippen LogP contribution in [0, 0.1) is 0 Å². The van der Waals surface area contributed by atoms with Crippen LogP contribution >= 0.6 is 0 Å². The Hall–Kier alpha value is -4.79. The molecule has 2 aromatic carbocycles. The van der Waals surface area contributed by atoms with Crippen molar-refractivity contribution in [2.24, 2.45) is 7.05 Å². The van der Waals surface area contributed by atoms with Crippen molar-refractivity contribution in [1.29, 1.82) is 0 Å². The average Bonchev–Trinajstić information content (AvgIpc) is 3.58. The van der Waals surface area contributed by atoms with E-state index in [9.17, 15) is 9.90 Å². The Bertz CT molecular complexity index is 1730. The Morgan fingerprint density at radius 2 is 1.82 bits per heavy atom. The minimum Gasteiger partial charge on any atom is -0.496 e. The SMILES string of the molecule is COc1cc(C(=O)O)ccc1Cc1ncc2c(n1)-c1c(nn(C)c1-c1ccc(-c3cnn(C(C)C)c3)cc1)CC2. The number of carboxylic acids is 1. The molecule has 1 aliphatic carbocycles. The zero-order valence-corrected chi connectivity index (χ0v) is 22.9. The molecule has 5 aromatic rings. The zero-order valence-electron chi connectivity index (χ0n) is 22.9. The lowest BCUT2D eigenvalue weighted by Gasteiger charge is -2.17. The number of carboxylic acid groups (broad SMARTS) is 1. The lowest BCUT2D eigenvalue weighted by molar-refractivity contribution is 0.0696. The van der Waals surface area contributed by atoms with Gasteiger partial charge in [0.25, 0.3) is 0 Å². The Kier molecular flexibility index (Phi) is 6.42. The number of fused-ring (bicyclic) bond motifs is 3. The van der Waals surface area contributed by atoms with E-state index in [1.807, 2.05) is 28.8 Å². The van der Waals surface area contributed by atoms with E-state index in [0.29, 0.717) is 24.0 Å². The van der Waals surface area contributed by atoms with Crippen molar-refractivity contribution in [1.82, 2.24) is 29.5 Å². The molecule has 0 radical (unpaired) electrons. The summed E-state index contributed by atoms with van der Waals surface area (Å²) in [6, 6.07) is 13.7. The van der Waals surface area contributed by atoms with E-state index in [1.165, 1.54) is 13.2 Å². The Labute approximate surface area is 232 Å². The van der Waals surface area contributed by atoms with Gasteiger partial charge in [-0.05, 0) is 49.9 Å². The van der Waals surface area contributed by atoms with Crippen LogP contribution in [0.15, 0.2) is 61.1 Å². The number of rotatable bonds is 7. The number of hydrogen-bond acceptors (Lipinski definition) is 6. The lowest BCUT2D eigenvalue weighted by Crippen LogP contribution is -2.09. The van der Waals surface area contributed by atoms with Crippen LogP contribution in [0.1, 0.15) is 52.9 Å². The summed E-state index contributed by atoms with van der Waals surface area (Å²) in [5.74, 6) is 0.147. The molecule has 0 spiro atoms.